The molecule has 1 amide bonds. The van der Waals surface area contributed by atoms with Crippen LogP contribution in [0.2, 0.25) is 0 Å². The average molecular weight is 394 g/mol. The lowest BCUT2D eigenvalue weighted by Gasteiger charge is -2.18. The molecular formula is C13H10F4N4O4S. The Morgan fingerprint density at radius 1 is 1.27 bits per heavy atom. The first-order valence-electron chi connectivity index (χ1n) is 6.96. The van der Waals surface area contributed by atoms with E-state index in [-0.39, 0.29) is 4.31 Å². The summed E-state index contributed by atoms with van der Waals surface area (Å²) in [5, 5.41) is 13.0. The standard InChI is InChI=1S/C13H10F4N4O4S/c14-9(15)4-20-3-7(13(17)18-20)6-1-2-8(22)12(11(6)16)21-5-10(23)19-26(21,24)25/h1-3,9,22H,4-5H2,(H,19,23). The molecule has 1 aliphatic rings. The minimum atomic E-state index is -4.43. The van der Waals surface area contributed by atoms with Gasteiger partial charge in [0.15, 0.2) is 5.82 Å². The van der Waals surface area contributed by atoms with Crippen molar-refractivity contribution in [1.82, 2.24) is 14.5 Å². The van der Waals surface area contributed by atoms with Crippen molar-refractivity contribution in [3.05, 3.63) is 30.1 Å². The Morgan fingerprint density at radius 3 is 2.54 bits per heavy atom. The summed E-state index contributed by atoms with van der Waals surface area (Å²) >= 11 is 0. The molecule has 0 bridgehead atoms. The van der Waals surface area contributed by atoms with E-state index in [9.17, 15) is 35.9 Å². The summed E-state index contributed by atoms with van der Waals surface area (Å²) in [5.74, 6) is -4.39. The van der Waals surface area contributed by atoms with Gasteiger partial charge in [0, 0.05) is 11.8 Å². The van der Waals surface area contributed by atoms with Crippen LogP contribution in [0.4, 0.5) is 23.2 Å². The molecule has 2 aromatic rings. The first-order valence-corrected chi connectivity index (χ1v) is 8.40. The molecule has 13 heteroatoms. The summed E-state index contributed by atoms with van der Waals surface area (Å²) in [6.45, 7) is -1.72. The Morgan fingerprint density at radius 2 is 1.96 bits per heavy atom. The van der Waals surface area contributed by atoms with Crippen LogP contribution in [0, 0.1) is 11.8 Å². The molecule has 3 rings (SSSR count). The van der Waals surface area contributed by atoms with Crippen LogP contribution in [0.25, 0.3) is 11.1 Å². The van der Waals surface area contributed by atoms with Gasteiger partial charge in [0.2, 0.25) is 5.95 Å². The maximum Gasteiger partial charge on any atom is 0.326 e. The molecule has 1 aromatic carbocycles. The van der Waals surface area contributed by atoms with Gasteiger partial charge in [0.25, 0.3) is 12.3 Å². The molecule has 2 heterocycles. The molecule has 8 nitrogen and oxygen atoms in total. The van der Waals surface area contributed by atoms with Crippen molar-refractivity contribution >= 4 is 21.8 Å². The van der Waals surface area contributed by atoms with Gasteiger partial charge in [-0.25, -0.2) is 22.2 Å². The van der Waals surface area contributed by atoms with Gasteiger partial charge < -0.3 is 5.11 Å². The Bertz CT molecular complexity index is 992. The van der Waals surface area contributed by atoms with Crippen molar-refractivity contribution in [3.8, 4) is 16.9 Å². The molecule has 2 N–H and O–H groups in total. The molecule has 1 saturated heterocycles. The highest BCUT2D eigenvalue weighted by atomic mass is 32.2. The number of nitrogens with one attached hydrogen (secondary N) is 1. The fourth-order valence-corrected chi connectivity index (χ4v) is 3.62. The second kappa shape index (κ2) is 6.16. The smallest absolute Gasteiger partial charge is 0.326 e. The van der Waals surface area contributed by atoms with Crippen LogP contribution in [0.1, 0.15) is 0 Å². The molecule has 0 unspecified atom stereocenters. The fourth-order valence-electron chi connectivity index (χ4n) is 2.46. The van der Waals surface area contributed by atoms with E-state index in [0.29, 0.717) is 4.68 Å². The second-order valence-corrected chi connectivity index (χ2v) is 6.87. The van der Waals surface area contributed by atoms with Gasteiger partial charge in [-0.1, -0.05) is 0 Å². The molecule has 1 aliphatic heterocycles. The van der Waals surface area contributed by atoms with E-state index in [1.807, 2.05) is 0 Å². The topological polar surface area (TPSA) is 105 Å². The molecule has 1 aromatic heterocycles. The third-order valence-electron chi connectivity index (χ3n) is 3.50. The molecule has 0 atom stereocenters. The van der Waals surface area contributed by atoms with Crippen LogP contribution in [0.15, 0.2) is 18.3 Å². The van der Waals surface area contributed by atoms with Gasteiger partial charge in [-0.2, -0.15) is 12.8 Å². The highest BCUT2D eigenvalue weighted by molar-refractivity contribution is 7.92. The molecule has 0 saturated carbocycles. The Balaban J connectivity index is 2.12. The number of carbonyl (C=O) groups excluding carboxylic acids is 1. The van der Waals surface area contributed by atoms with Crippen molar-refractivity contribution < 1.29 is 35.9 Å². The fraction of sp³-hybridized carbons (Fsp3) is 0.231. The highest BCUT2D eigenvalue weighted by Crippen LogP contribution is 2.39. The maximum atomic E-state index is 14.8. The average Bonchev–Trinajstić information content (AvgIpc) is 2.97. The normalized spacial score (nSPS) is 16.3. The van der Waals surface area contributed by atoms with E-state index in [4.69, 9.17) is 0 Å². The number of anilines is 1. The minimum Gasteiger partial charge on any atom is -0.506 e. The number of amides is 1. The summed E-state index contributed by atoms with van der Waals surface area (Å²) in [5.41, 5.74) is -1.91. The number of phenolic OH excluding ortho intramolecular Hbond substituents is 1. The SMILES string of the molecule is O=C1CN(c2c(O)ccc(-c3cn(CC(F)F)nc3F)c2F)S(=O)(=O)N1. The summed E-state index contributed by atoms with van der Waals surface area (Å²) in [6.07, 6.45) is -2.00. The number of hydrogen-bond acceptors (Lipinski definition) is 5. The monoisotopic (exact) mass is 394 g/mol. The zero-order valence-electron chi connectivity index (χ0n) is 12.7. The predicted octanol–water partition coefficient (Wildman–Crippen LogP) is 0.980. The van der Waals surface area contributed by atoms with Crippen LogP contribution in [-0.4, -0.2) is 42.2 Å². The Kier molecular flexibility index (Phi) is 4.26. The molecule has 0 radical (unpaired) electrons. The van der Waals surface area contributed by atoms with Crippen LogP contribution in [-0.2, 0) is 21.5 Å². The van der Waals surface area contributed by atoms with E-state index in [0.717, 1.165) is 18.3 Å². The number of aromatic nitrogens is 2. The maximum absolute atomic E-state index is 14.8. The van der Waals surface area contributed by atoms with Gasteiger partial charge in [-0.05, 0) is 12.1 Å². The first kappa shape index (κ1) is 18.0. The summed E-state index contributed by atoms with van der Waals surface area (Å²) < 4.78 is 79.7. The van der Waals surface area contributed by atoms with Gasteiger partial charge in [-0.3, -0.25) is 9.48 Å². The third-order valence-corrected chi connectivity index (χ3v) is 4.87. The number of carbonyl (C=O) groups is 1. The zero-order chi connectivity index (χ0) is 19.2. The van der Waals surface area contributed by atoms with Crippen LogP contribution < -0.4 is 9.03 Å². The van der Waals surface area contributed by atoms with E-state index >= 15 is 0 Å². The largest absolute Gasteiger partial charge is 0.506 e. The number of rotatable bonds is 4. The quantitative estimate of drug-likeness (QED) is 0.753. The number of hydrogen-bond donors (Lipinski definition) is 2. The summed E-state index contributed by atoms with van der Waals surface area (Å²) in [7, 11) is -4.43. The summed E-state index contributed by atoms with van der Waals surface area (Å²) in [6, 6.07) is 1.81. The van der Waals surface area contributed by atoms with Crippen molar-refractivity contribution in [2.45, 2.75) is 13.0 Å². The molecule has 26 heavy (non-hydrogen) atoms. The number of nitrogens with zero attached hydrogens (tertiary/aromatic N) is 3. The van der Waals surface area contributed by atoms with Crippen molar-refractivity contribution in [2.24, 2.45) is 0 Å². The van der Waals surface area contributed by atoms with E-state index in [1.54, 1.807) is 4.72 Å². The Hall–Kier alpha value is -2.83. The van der Waals surface area contributed by atoms with Crippen molar-refractivity contribution in [2.75, 3.05) is 10.8 Å². The molecule has 0 spiro atoms. The lowest BCUT2D eigenvalue weighted by molar-refractivity contribution is -0.117. The van der Waals surface area contributed by atoms with Gasteiger partial charge in [-0.15, -0.1) is 5.10 Å². The van der Waals surface area contributed by atoms with E-state index in [1.165, 1.54) is 0 Å². The molecular weight excluding hydrogens is 384 g/mol. The molecule has 1 fully saturated rings. The number of phenols is 1. The number of halogens is 4. The lowest BCUT2D eigenvalue weighted by atomic mass is 10.1. The van der Waals surface area contributed by atoms with Gasteiger partial charge in [0.1, 0.15) is 24.5 Å². The molecule has 140 valence electrons. The van der Waals surface area contributed by atoms with Crippen LogP contribution in [0.3, 0.4) is 0 Å². The molecule has 0 aliphatic carbocycles. The van der Waals surface area contributed by atoms with Crippen LogP contribution >= 0.6 is 0 Å². The highest BCUT2D eigenvalue weighted by Gasteiger charge is 2.38. The van der Waals surface area contributed by atoms with Gasteiger partial charge >= 0.3 is 10.2 Å². The minimum absolute atomic E-state index is 0.283. The first-order chi connectivity index (χ1) is 12.1. The predicted molar refractivity (Wildman–Crippen MR) is 79.7 cm³/mol. The lowest BCUT2D eigenvalue weighted by Crippen LogP contribution is -2.30. The number of alkyl halides is 2. The van der Waals surface area contributed by atoms with E-state index in [2.05, 4.69) is 5.10 Å². The summed E-state index contributed by atoms with van der Waals surface area (Å²) in [4.78, 5) is 11.3. The number of benzene rings is 1. The number of aromatic hydroxyl groups is 1. The van der Waals surface area contributed by atoms with Crippen LogP contribution in [0.5, 0.6) is 5.75 Å². The van der Waals surface area contributed by atoms with Gasteiger partial charge in [0.05, 0.1) is 5.56 Å². The Labute approximate surface area is 143 Å². The second-order valence-electron chi connectivity index (χ2n) is 5.28. The van der Waals surface area contributed by atoms with E-state index < -0.39 is 70.0 Å². The zero-order valence-corrected chi connectivity index (χ0v) is 13.5. The van der Waals surface area contributed by atoms with Crippen molar-refractivity contribution in [1.29, 1.82) is 0 Å². The van der Waals surface area contributed by atoms with Crippen molar-refractivity contribution in [3.63, 3.8) is 0 Å². The third kappa shape index (κ3) is 3.05.